The summed E-state index contributed by atoms with van der Waals surface area (Å²) in [5.74, 6) is 0.237. The molecule has 0 spiro atoms. The van der Waals surface area contributed by atoms with Crippen LogP contribution in [0.3, 0.4) is 0 Å². The molecule has 3 aromatic rings. The number of rotatable bonds is 2. The molecule has 4 heteroatoms. The van der Waals surface area contributed by atoms with Crippen molar-refractivity contribution in [2.75, 3.05) is 5.73 Å². The molecular weight excluding hydrogens is 265 g/mol. The average molecular weight is 281 g/mol. The minimum absolute atomic E-state index is 0.287. The number of nitrogen functional groups attached to an aromatic ring is 1. The van der Waals surface area contributed by atoms with Gasteiger partial charge in [-0.05, 0) is 30.2 Å². The summed E-state index contributed by atoms with van der Waals surface area (Å²) in [7, 11) is 1.76. The molecule has 0 bridgehead atoms. The number of hydrogen-bond donors (Lipinski definition) is 1. The van der Waals surface area contributed by atoms with Crippen molar-refractivity contribution in [3.05, 3.63) is 59.9 Å². The summed E-state index contributed by atoms with van der Waals surface area (Å²) in [6, 6.07) is 14.8. The van der Waals surface area contributed by atoms with Crippen molar-refractivity contribution in [3.63, 3.8) is 0 Å². The SMILES string of the molecule is Cc1ccc(-c2nn(C)c(N)c2-c2ccccc2)c(F)c1. The lowest BCUT2D eigenvalue weighted by Crippen LogP contribution is -1.97. The van der Waals surface area contributed by atoms with Crippen LogP contribution in [0.15, 0.2) is 48.5 Å². The Bertz CT molecular complexity index is 791. The molecule has 0 aliphatic rings. The van der Waals surface area contributed by atoms with Crippen LogP contribution in [0.25, 0.3) is 22.4 Å². The third-order valence-corrected chi connectivity index (χ3v) is 3.53. The van der Waals surface area contributed by atoms with E-state index in [1.807, 2.05) is 43.3 Å². The first-order chi connectivity index (χ1) is 10.1. The van der Waals surface area contributed by atoms with E-state index in [1.165, 1.54) is 6.07 Å². The Morgan fingerprint density at radius 2 is 1.81 bits per heavy atom. The maximum absolute atomic E-state index is 14.3. The quantitative estimate of drug-likeness (QED) is 0.776. The highest BCUT2D eigenvalue weighted by Gasteiger charge is 2.19. The van der Waals surface area contributed by atoms with Crippen molar-refractivity contribution in [2.45, 2.75) is 6.92 Å². The number of halogens is 1. The van der Waals surface area contributed by atoms with Crippen molar-refractivity contribution in [1.29, 1.82) is 0 Å². The molecule has 0 fully saturated rings. The van der Waals surface area contributed by atoms with E-state index in [0.717, 1.165) is 16.7 Å². The Hall–Kier alpha value is -2.62. The first-order valence-electron chi connectivity index (χ1n) is 6.72. The smallest absolute Gasteiger partial charge is 0.132 e. The van der Waals surface area contributed by atoms with Gasteiger partial charge in [-0.15, -0.1) is 0 Å². The zero-order chi connectivity index (χ0) is 15.0. The van der Waals surface area contributed by atoms with Gasteiger partial charge in [0.25, 0.3) is 0 Å². The fourth-order valence-electron chi connectivity index (χ4n) is 2.43. The van der Waals surface area contributed by atoms with Crippen LogP contribution in [0.4, 0.5) is 10.2 Å². The van der Waals surface area contributed by atoms with Crippen LogP contribution in [-0.4, -0.2) is 9.78 Å². The van der Waals surface area contributed by atoms with Gasteiger partial charge in [-0.25, -0.2) is 4.39 Å². The van der Waals surface area contributed by atoms with Crippen LogP contribution >= 0.6 is 0 Å². The second-order valence-electron chi connectivity index (χ2n) is 5.08. The van der Waals surface area contributed by atoms with E-state index in [2.05, 4.69) is 5.10 Å². The van der Waals surface area contributed by atoms with E-state index in [-0.39, 0.29) is 5.82 Å². The third kappa shape index (κ3) is 2.29. The summed E-state index contributed by atoms with van der Waals surface area (Å²) in [6.07, 6.45) is 0. The molecule has 3 nitrogen and oxygen atoms in total. The van der Waals surface area contributed by atoms with Gasteiger partial charge in [-0.2, -0.15) is 5.10 Å². The molecule has 1 heterocycles. The average Bonchev–Trinajstić information content (AvgIpc) is 2.75. The molecular formula is C17H16FN3. The van der Waals surface area contributed by atoms with Gasteiger partial charge in [-0.3, -0.25) is 4.68 Å². The molecule has 3 rings (SSSR count). The predicted octanol–water partition coefficient (Wildman–Crippen LogP) is 3.78. The van der Waals surface area contributed by atoms with Crippen molar-refractivity contribution in [3.8, 4) is 22.4 Å². The van der Waals surface area contributed by atoms with Crippen LogP contribution in [0.5, 0.6) is 0 Å². The first kappa shape index (κ1) is 13.4. The summed E-state index contributed by atoms with van der Waals surface area (Å²) in [6.45, 7) is 1.86. The lowest BCUT2D eigenvalue weighted by atomic mass is 10.00. The highest BCUT2D eigenvalue weighted by molar-refractivity contribution is 5.88. The topological polar surface area (TPSA) is 43.8 Å². The summed E-state index contributed by atoms with van der Waals surface area (Å²) in [4.78, 5) is 0. The molecule has 1 aromatic heterocycles. The van der Waals surface area contributed by atoms with Gasteiger partial charge in [0.2, 0.25) is 0 Å². The Kier molecular flexibility index (Phi) is 3.22. The van der Waals surface area contributed by atoms with Gasteiger partial charge in [0.05, 0.1) is 5.56 Å². The van der Waals surface area contributed by atoms with Crippen LogP contribution in [0, 0.1) is 12.7 Å². The standard InChI is InChI=1S/C17H16FN3/c1-11-8-9-13(14(18)10-11)16-15(17(19)21(2)20-16)12-6-4-3-5-7-12/h3-10H,19H2,1-2H3. The van der Waals surface area contributed by atoms with E-state index in [1.54, 1.807) is 17.8 Å². The molecule has 21 heavy (non-hydrogen) atoms. The van der Waals surface area contributed by atoms with E-state index in [4.69, 9.17) is 5.73 Å². The van der Waals surface area contributed by atoms with Gasteiger partial charge < -0.3 is 5.73 Å². The van der Waals surface area contributed by atoms with Crippen LogP contribution in [-0.2, 0) is 7.05 Å². The summed E-state index contributed by atoms with van der Waals surface area (Å²) in [5, 5.41) is 4.40. The second kappa shape index (κ2) is 5.05. The Balaban J connectivity index is 2.27. The highest BCUT2D eigenvalue weighted by Crippen LogP contribution is 2.36. The first-order valence-corrected chi connectivity index (χ1v) is 6.72. The molecule has 0 amide bonds. The van der Waals surface area contributed by atoms with Gasteiger partial charge >= 0.3 is 0 Å². The van der Waals surface area contributed by atoms with Crippen LogP contribution < -0.4 is 5.73 Å². The molecule has 0 atom stereocenters. The normalized spacial score (nSPS) is 10.8. The lowest BCUT2D eigenvalue weighted by Gasteiger charge is -2.06. The van der Waals surface area contributed by atoms with Crippen molar-refractivity contribution in [2.24, 2.45) is 7.05 Å². The maximum atomic E-state index is 14.3. The number of anilines is 1. The van der Waals surface area contributed by atoms with E-state index in [9.17, 15) is 4.39 Å². The van der Waals surface area contributed by atoms with Crippen LogP contribution in [0.1, 0.15) is 5.56 Å². The number of aromatic nitrogens is 2. The number of nitrogens with zero attached hydrogens (tertiary/aromatic N) is 2. The van der Waals surface area contributed by atoms with E-state index >= 15 is 0 Å². The second-order valence-corrected chi connectivity index (χ2v) is 5.08. The highest BCUT2D eigenvalue weighted by atomic mass is 19.1. The molecule has 2 aromatic carbocycles. The van der Waals surface area contributed by atoms with Crippen LogP contribution in [0.2, 0.25) is 0 Å². The summed E-state index contributed by atoms with van der Waals surface area (Å²) in [5.41, 5.74) is 9.73. The molecule has 0 aliphatic heterocycles. The number of aryl methyl sites for hydroxylation is 2. The molecule has 106 valence electrons. The number of nitrogens with two attached hydrogens (primary N) is 1. The molecule has 0 aliphatic carbocycles. The van der Waals surface area contributed by atoms with Crippen molar-refractivity contribution >= 4 is 5.82 Å². The van der Waals surface area contributed by atoms with Gasteiger partial charge in [0.1, 0.15) is 17.3 Å². The zero-order valence-corrected chi connectivity index (χ0v) is 12.0. The largest absolute Gasteiger partial charge is 0.383 e. The van der Waals surface area contributed by atoms with Gasteiger partial charge in [0, 0.05) is 12.6 Å². The third-order valence-electron chi connectivity index (χ3n) is 3.53. The molecule has 0 saturated heterocycles. The Labute approximate surface area is 122 Å². The fraction of sp³-hybridized carbons (Fsp3) is 0.118. The Morgan fingerprint density at radius 3 is 2.48 bits per heavy atom. The lowest BCUT2D eigenvalue weighted by molar-refractivity contribution is 0.629. The van der Waals surface area contributed by atoms with Gasteiger partial charge in [-0.1, -0.05) is 36.4 Å². The fourth-order valence-corrected chi connectivity index (χ4v) is 2.43. The maximum Gasteiger partial charge on any atom is 0.132 e. The minimum Gasteiger partial charge on any atom is -0.383 e. The number of benzene rings is 2. The zero-order valence-electron chi connectivity index (χ0n) is 12.0. The van der Waals surface area contributed by atoms with E-state index < -0.39 is 0 Å². The molecule has 0 unspecified atom stereocenters. The number of hydrogen-bond acceptors (Lipinski definition) is 2. The van der Waals surface area contributed by atoms with Crippen molar-refractivity contribution in [1.82, 2.24) is 9.78 Å². The molecule has 0 radical (unpaired) electrons. The summed E-state index contributed by atoms with van der Waals surface area (Å²) >= 11 is 0. The predicted molar refractivity (Wildman–Crippen MR) is 83.2 cm³/mol. The Morgan fingerprint density at radius 1 is 1.10 bits per heavy atom. The minimum atomic E-state index is -0.287. The molecule has 2 N–H and O–H groups in total. The van der Waals surface area contributed by atoms with E-state index in [0.29, 0.717) is 17.1 Å². The molecule has 0 saturated carbocycles. The van der Waals surface area contributed by atoms with Gasteiger partial charge in [0.15, 0.2) is 0 Å². The van der Waals surface area contributed by atoms with Crippen molar-refractivity contribution < 1.29 is 4.39 Å². The summed E-state index contributed by atoms with van der Waals surface area (Å²) < 4.78 is 15.9. The monoisotopic (exact) mass is 281 g/mol.